The van der Waals surface area contributed by atoms with Crippen LogP contribution in [0.3, 0.4) is 0 Å². The van der Waals surface area contributed by atoms with Crippen LogP contribution in [0.1, 0.15) is 13.8 Å². The summed E-state index contributed by atoms with van der Waals surface area (Å²) in [7, 11) is -0.313. The molecule has 0 saturated carbocycles. The van der Waals surface area contributed by atoms with E-state index in [2.05, 4.69) is 13.8 Å². The van der Waals surface area contributed by atoms with Gasteiger partial charge in [-0.15, -0.1) is 0 Å². The van der Waals surface area contributed by atoms with E-state index in [1.165, 1.54) is 0 Å². The highest BCUT2D eigenvalue weighted by Crippen LogP contribution is 2.43. The molecule has 70 valence electrons. The molecule has 0 unspecified atom stereocenters. The van der Waals surface area contributed by atoms with Crippen molar-refractivity contribution in [1.29, 1.82) is 0 Å². The van der Waals surface area contributed by atoms with Gasteiger partial charge in [-0.1, -0.05) is 45.6 Å². The van der Waals surface area contributed by atoms with Gasteiger partial charge < -0.3 is 10.2 Å². The van der Waals surface area contributed by atoms with Crippen molar-refractivity contribution in [1.82, 2.24) is 0 Å². The maximum atomic E-state index is 8.57. The Bertz CT molecular complexity index is 139. The highest BCUT2D eigenvalue weighted by atomic mass is 31.1. The molecule has 0 rings (SSSR count). The van der Waals surface area contributed by atoms with Gasteiger partial charge in [-0.05, 0) is 5.66 Å². The average molecular weight is 188 g/mol. The first-order valence-electron chi connectivity index (χ1n) is 4.04. The molecule has 0 aliphatic heterocycles. The smallest absolute Gasteiger partial charge is 0.0615 e. The van der Waals surface area contributed by atoms with E-state index in [0.717, 1.165) is 0 Å². The first kappa shape index (κ1) is 11.8. The zero-order valence-electron chi connectivity index (χ0n) is 7.64. The third-order valence-corrected chi connectivity index (χ3v) is 3.66. The Balaban J connectivity index is 4.04. The van der Waals surface area contributed by atoms with Crippen LogP contribution in [-0.2, 0) is 0 Å². The van der Waals surface area contributed by atoms with E-state index in [1.807, 2.05) is 11.6 Å². The molecule has 2 nitrogen and oxygen atoms in total. The fraction of sp³-hybridized carbons (Fsp3) is 0.556. The van der Waals surface area contributed by atoms with Crippen LogP contribution in [0.25, 0.3) is 0 Å². The fourth-order valence-corrected chi connectivity index (χ4v) is 2.20. The molecular weight excluding hydrogens is 171 g/mol. The minimum atomic E-state index is -0.313. The minimum Gasteiger partial charge on any atom is -0.392 e. The molecule has 0 bridgehead atoms. The van der Waals surface area contributed by atoms with Gasteiger partial charge in [-0.25, -0.2) is 0 Å². The number of hydrogen-bond donors (Lipinski definition) is 2. The van der Waals surface area contributed by atoms with Gasteiger partial charge in [0.1, 0.15) is 0 Å². The second-order valence-corrected chi connectivity index (χ2v) is 5.20. The summed E-state index contributed by atoms with van der Waals surface area (Å²) in [4.78, 5) is 0. The molecule has 0 amide bonds. The molecule has 3 heteroatoms. The van der Waals surface area contributed by atoms with Crippen molar-refractivity contribution < 1.29 is 10.2 Å². The molecule has 0 fully saturated rings. The fourth-order valence-electron chi connectivity index (χ4n) is 0.732. The van der Waals surface area contributed by atoms with E-state index in [-0.39, 0.29) is 21.1 Å². The summed E-state index contributed by atoms with van der Waals surface area (Å²) in [5, 5.41) is 17.1. The van der Waals surface area contributed by atoms with Crippen LogP contribution in [0.5, 0.6) is 0 Å². The summed E-state index contributed by atoms with van der Waals surface area (Å²) in [5.41, 5.74) is 0.561. The van der Waals surface area contributed by atoms with E-state index in [9.17, 15) is 0 Å². The molecule has 0 aromatic heterocycles. The van der Waals surface area contributed by atoms with Crippen molar-refractivity contribution in [2.75, 3.05) is 13.2 Å². The Kier molecular flexibility index (Phi) is 7.37. The quantitative estimate of drug-likeness (QED) is 0.647. The largest absolute Gasteiger partial charge is 0.392 e. The third-order valence-electron chi connectivity index (χ3n) is 1.36. The van der Waals surface area contributed by atoms with Crippen LogP contribution in [0.2, 0.25) is 0 Å². The third kappa shape index (κ3) is 5.48. The SMILES string of the molecule is CC(C)P(C=CCO)C=CCO. The predicted molar refractivity (Wildman–Crippen MR) is 54.5 cm³/mol. The van der Waals surface area contributed by atoms with Gasteiger partial charge in [0, 0.05) is 0 Å². The number of rotatable bonds is 5. The van der Waals surface area contributed by atoms with Crippen LogP contribution < -0.4 is 0 Å². The molecule has 0 aromatic carbocycles. The summed E-state index contributed by atoms with van der Waals surface area (Å²) in [6.07, 6.45) is 3.51. The van der Waals surface area contributed by atoms with Crippen molar-refractivity contribution in [2.45, 2.75) is 19.5 Å². The van der Waals surface area contributed by atoms with Crippen LogP contribution >= 0.6 is 7.92 Å². The van der Waals surface area contributed by atoms with E-state index in [4.69, 9.17) is 10.2 Å². The van der Waals surface area contributed by atoms with Crippen LogP contribution in [0, 0.1) is 0 Å². The monoisotopic (exact) mass is 188 g/mol. The van der Waals surface area contributed by atoms with E-state index in [0.29, 0.717) is 5.66 Å². The Morgan fingerprint density at radius 3 is 1.75 bits per heavy atom. The van der Waals surface area contributed by atoms with Gasteiger partial charge in [0.2, 0.25) is 0 Å². The zero-order valence-corrected chi connectivity index (χ0v) is 8.54. The molecule has 0 radical (unpaired) electrons. The van der Waals surface area contributed by atoms with Crippen molar-refractivity contribution in [2.24, 2.45) is 0 Å². The van der Waals surface area contributed by atoms with Gasteiger partial charge in [0.15, 0.2) is 0 Å². The Morgan fingerprint density at radius 2 is 1.50 bits per heavy atom. The molecule has 12 heavy (non-hydrogen) atoms. The molecule has 0 spiro atoms. The molecule has 0 aromatic rings. The average Bonchev–Trinajstić information content (AvgIpc) is 2.04. The lowest BCUT2D eigenvalue weighted by atomic mass is 10.6. The van der Waals surface area contributed by atoms with Gasteiger partial charge in [-0.2, -0.15) is 0 Å². The Hall–Kier alpha value is -0.170. The van der Waals surface area contributed by atoms with E-state index in [1.54, 1.807) is 12.2 Å². The van der Waals surface area contributed by atoms with Crippen LogP contribution in [0.15, 0.2) is 23.8 Å². The molecule has 0 saturated heterocycles. The standard InChI is InChI=1S/C9H17O2P/c1-9(2)12(7-3-5-10)8-4-6-11/h3-4,7-11H,5-6H2,1-2H3. The zero-order chi connectivity index (χ0) is 9.40. The second kappa shape index (κ2) is 7.48. The second-order valence-electron chi connectivity index (χ2n) is 2.68. The normalized spacial score (nSPS) is 15.1. The van der Waals surface area contributed by atoms with Gasteiger partial charge >= 0.3 is 0 Å². The van der Waals surface area contributed by atoms with Crippen molar-refractivity contribution in [3.8, 4) is 0 Å². The maximum Gasteiger partial charge on any atom is 0.0615 e. The van der Waals surface area contributed by atoms with Crippen molar-refractivity contribution in [3.05, 3.63) is 23.8 Å². The van der Waals surface area contributed by atoms with Crippen molar-refractivity contribution in [3.63, 3.8) is 0 Å². The van der Waals surface area contributed by atoms with Crippen LogP contribution in [-0.4, -0.2) is 29.1 Å². The number of hydrogen-bond acceptors (Lipinski definition) is 2. The first-order valence-corrected chi connectivity index (χ1v) is 5.59. The number of aliphatic hydroxyl groups is 2. The lowest BCUT2D eigenvalue weighted by Crippen LogP contribution is -1.88. The lowest BCUT2D eigenvalue weighted by molar-refractivity contribution is 0.343. The van der Waals surface area contributed by atoms with Gasteiger partial charge in [0.25, 0.3) is 0 Å². The Morgan fingerprint density at radius 1 is 1.08 bits per heavy atom. The summed E-state index contributed by atoms with van der Waals surface area (Å²) < 4.78 is 0. The maximum absolute atomic E-state index is 8.57. The summed E-state index contributed by atoms with van der Waals surface area (Å²) in [6.45, 7) is 4.46. The summed E-state index contributed by atoms with van der Waals surface area (Å²) >= 11 is 0. The molecule has 0 aliphatic rings. The van der Waals surface area contributed by atoms with Gasteiger partial charge in [0.05, 0.1) is 13.2 Å². The first-order chi connectivity index (χ1) is 5.72. The molecular formula is C9H17O2P. The topological polar surface area (TPSA) is 40.5 Å². The molecule has 0 aliphatic carbocycles. The molecule has 0 atom stereocenters. The summed E-state index contributed by atoms with van der Waals surface area (Å²) in [5.74, 6) is 4.04. The number of aliphatic hydroxyl groups excluding tert-OH is 2. The Labute approximate surface area is 75.4 Å². The lowest BCUT2D eigenvalue weighted by Gasteiger charge is -2.12. The van der Waals surface area contributed by atoms with E-state index >= 15 is 0 Å². The molecule has 2 N–H and O–H groups in total. The highest BCUT2D eigenvalue weighted by molar-refractivity contribution is 7.64. The highest BCUT2D eigenvalue weighted by Gasteiger charge is 2.03. The van der Waals surface area contributed by atoms with Crippen LogP contribution in [0.4, 0.5) is 0 Å². The van der Waals surface area contributed by atoms with E-state index < -0.39 is 0 Å². The van der Waals surface area contributed by atoms with Gasteiger partial charge in [-0.3, -0.25) is 0 Å². The minimum absolute atomic E-state index is 0.0958. The summed E-state index contributed by atoms with van der Waals surface area (Å²) in [6, 6.07) is 0. The van der Waals surface area contributed by atoms with Crippen molar-refractivity contribution >= 4 is 7.92 Å². The predicted octanol–water partition coefficient (Wildman–Crippen LogP) is 1.89. The molecule has 0 heterocycles.